The van der Waals surface area contributed by atoms with Gasteiger partial charge in [0.15, 0.2) is 0 Å². The van der Waals surface area contributed by atoms with Crippen molar-refractivity contribution in [3.63, 3.8) is 0 Å². The molecule has 2 fully saturated rings. The highest BCUT2D eigenvalue weighted by Crippen LogP contribution is 2.20. The number of carbonyl (C=O) groups excluding carboxylic acids is 1. The van der Waals surface area contributed by atoms with Gasteiger partial charge in [0.05, 0.1) is 5.92 Å². The Bertz CT molecular complexity index is 231. The highest BCUT2D eigenvalue weighted by atomic mass is 16.2. The number of rotatable bonds is 1. The van der Waals surface area contributed by atoms with Crippen molar-refractivity contribution in [2.24, 2.45) is 11.7 Å². The summed E-state index contributed by atoms with van der Waals surface area (Å²) in [5, 5.41) is 3.31. The normalized spacial score (nSPS) is 37.9. The third kappa shape index (κ3) is 1.77. The van der Waals surface area contributed by atoms with Crippen LogP contribution in [0, 0.1) is 5.92 Å². The van der Waals surface area contributed by atoms with E-state index in [1.807, 2.05) is 4.90 Å². The molecule has 2 aliphatic rings. The van der Waals surface area contributed by atoms with Crippen molar-refractivity contribution in [2.75, 3.05) is 19.6 Å². The summed E-state index contributed by atoms with van der Waals surface area (Å²) < 4.78 is 0. The second-order valence-electron chi connectivity index (χ2n) is 4.47. The number of nitrogens with zero attached hydrogens (tertiary/aromatic N) is 1. The van der Waals surface area contributed by atoms with Gasteiger partial charge in [0, 0.05) is 25.2 Å². The second kappa shape index (κ2) is 3.87. The topological polar surface area (TPSA) is 58.4 Å². The lowest BCUT2D eigenvalue weighted by atomic mass is 10.0. The fourth-order valence-electron chi connectivity index (χ4n) is 2.42. The molecule has 0 aromatic carbocycles. The molecule has 14 heavy (non-hydrogen) atoms. The molecule has 0 bridgehead atoms. The summed E-state index contributed by atoms with van der Waals surface area (Å²) >= 11 is 0. The van der Waals surface area contributed by atoms with Crippen LogP contribution in [0.1, 0.15) is 19.8 Å². The van der Waals surface area contributed by atoms with Gasteiger partial charge in [-0.25, -0.2) is 0 Å². The fourth-order valence-corrected chi connectivity index (χ4v) is 2.42. The molecule has 3 atom stereocenters. The molecule has 0 spiro atoms. The Balaban J connectivity index is 1.94. The number of nitrogens with one attached hydrogen (secondary N) is 1. The number of likely N-dealkylation sites (tertiary alicyclic amines) is 1. The monoisotopic (exact) mass is 197 g/mol. The number of hydrogen-bond donors (Lipinski definition) is 2. The average Bonchev–Trinajstić information content (AvgIpc) is 2.73. The van der Waals surface area contributed by atoms with E-state index in [0.717, 1.165) is 32.5 Å². The van der Waals surface area contributed by atoms with Crippen molar-refractivity contribution < 1.29 is 4.79 Å². The molecule has 2 aliphatic heterocycles. The summed E-state index contributed by atoms with van der Waals surface area (Å²) in [6, 6.07) is 0.531. The van der Waals surface area contributed by atoms with Crippen molar-refractivity contribution in [3.05, 3.63) is 0 Å². The van der Waals surface area contributed by atoms with Gasteiger partial charge in [0.25, 0.3) is 0 Å². The predicted octanol–water partition coefficient (Wildman–Crippen LogP) is -0.456. The summed E-state index contributed by atoms with van der Waals surface area (Å²) in [5.41, 5.74) is 5.79. The van der Waals surface area contributed by atoms with E-state index < -0.39 is 0 Å². The van der Waals surface area contributed by atoms with Crippen LogP contribution in [0.4, 0.5) is 0 Å². The van der Waals surface area contributed by atoms with Crippen LogP contribution in [0.3, 0.4) is 0 Å². The first-order valence-corrected chi connectivity index (χ1v) is 5.46. The SMILES string of the molecule is CC1NCCC1C(=O)N1CC[C@H](N)C1. The maximum absolute atomic E-state index is 12.0. The van der Waals surface area contributed by atoms with E-state index in [9.17, 15) is 4.79 Å². The van der Waals surface area contributed by atoms with E-state index in [1.165, 1.54) is 0 Å². The van der Waals surface area contributed by atoms with Crippen LogP contribution in [0.15, 0.2) is 0 Å². The zero-order valence-electron chi connectivity index (χ0n) is 8.70. The Morgan fingerprint density at radius 2 is 2.29 bits per heavy atom. The van der Waals surface area contributed by atoms with Crippen molar-refractivity contribution in [3.8, 4) is 0 Å². The molecule has 0 aromatic rings. The lowest BCUT2D eigenvalue weighted by Crippen LogP contribution is -2.40. The van der Waals surface area contributed by atoms with Gasteiger partial charge in [0.2, 0.25) is 5.91 Å². The van der Waals surface area contributed by atoms with Gasteiger partial charge in [-0.3, -0.25) is 4.79 Å². The van der Waals surface area contributed by atoms with Gasteiger partial charge in [-0.05, 0) is 26.3 Å². The highest BCUT2D eigenvalue weighted by molar-refractivity contribution is 5.80. The number of nitrogens with two attached hydrogens (primary N) is 1. The Morgan fingerprint density at radius 1 is 1.50 bits per heavy atom. The average molecular weight is 197 g/mol. The van der Waals surface area contributed by atoms with Crippen LogP contribution >= 0.6 is 0 Å². The van der Waals surface area contributed by atoms with Gasteiger partial charge >= 0.3 is 0 Å². The van der Waals surface area contributed by atoms with Gasteiger partial charge in [0.1, 0.15) is 0 Å². The molecule has 2 unspecified atom stereocenters. The zero-order chi connectivity index (χ0) is 10.1. The van der Waals surface area contributed by atoms with E-state index in [1.54, 1.807) is 0 Å². The maximum Gasteiger partial charge on any atom is 0.227 e. The summed E-state index contributed by atoms with van der Waals surface area (Å²) in [6.07, 6.45) is 1.94. The summed E-state index contributed by atoms with van der Waals surface area (Å²) in [6.45, 7) is 4.66. The third-order valence-corrected chi connectivity index (χ3v) is 3.38. The van der Waals surface area contributed by atoms with Crippen molar-refractivity contribution in [2.45, 2.75) is 31.8 Å². The summed E-state index contributed by atoms with van der Waals surface area (Å²) in [7, 11) is 0. The third-order valence-electron chi connectivity index (χ3n) is 3.38. The maximum atomic E-state index is 12.0. The minimum atomic E-state index is 0.181. The first kappa shape index (κ1) is 9.93. The first-order chi connectivity index (χ1) is 6.68. The molecule has 3 N–H and O–H groups in total. The van der Waals surface area contributed by atoms with Crippen LogP contribution < -0.4 is 11.1 Å². The van der Waals surface area contributed by atoms with Gasteiger partial charge in [-0.1, -0.05) is 0 Å². The van der Waals surface area contributed by atoms with Gasteiger partial charge < -0.3 is 16.0 Å². The van der Waals surface area contributed by atoms with Crippen LogP contribution in [0.25, 0.3) is 0 Å². The number of hydrogen-bond acceptors (Lipinski definition) is 3. The molecule has 0 aromatic heterocycles. The highest BCUT2D eigenvalue weighted by Gasteiger charge is 2.34. The molecule has 2 heterocycles. The van der Waals surface area contributed by atoms with Crippen molar-refractivity contribution in [1.82, 2.24) is 10.2 Å². The first-order valence-electron chi connectivity index (χ1n) is 5.46. The molecule has 4 nitrogen and oxygen atoms in total. The van der Waals surface area contributed by atoms with E-state index in [4.69, 9.17) is 5.73 Å². The lowest BCUT2D eigenvalue weighted by Gasteiger charge is -2.22. The Morgan fingerprint density at radius 3 is 2.79 bits per heavy atom. The molecular weight excluding hydrogens is 178 g/mol. The molecule has 0 aliphatic carbocycles. The molecular formula is C10H19N3O. The van der Waals surface area contributed by atoms with Crippen molar-refractivity contribution >= 4 is 5.91 Å². The molecule has 0 radical (unpaired) electrons. The van der Waals surface area contributed by atoms with Gasteiger partial charge in [-0.15, -0.1) is 0 Å². The van der Waals surface area contributed by atoms with Crippen LogP contribution in [-0.4, -0.2) is 42.5 Å². The Kier molecular flexibility index (Phi) is 2.74. The molecule has 2 rings (SSSR count). The number of amides is 1. The van der Waals surface area contributed by atoms with Crippen LogP contribution in [0.5, 0.6) is 0 Å². The Hall–Kier alpha value is -0.610. The summed E-state index contributed by atoms with van der Waals surface area (Å²) in [4.78, 5) is 14.0. The second-order valence-corrected chi connectivity index (χ2v) is 4.47. The van der Waals surface area contributed by atoms with E-state index >= 15 is 0 Å². The predicted molar refractivity (Wildman–Crippen MR) is 54.7 cm³/mol. The molecule has 4 heteroatoms. The minimum Gasteiger partial charge on any atom is -0.341 e. The van der Waals surface area contributed by atoms with E-state index in [2.05, 4.69) is 12.2 Å². The van der Waals surface area contributed by atoms with Crippen molar-refractivity contribution in [1.29, 1.82) is 0 Å². The van der Waals surface area contributed by atoms with E-state index in [0.29, 0.717) is 11.9 Å². The van der Waals surface area contributed by atoms with Crippen LogP contribution in [0.2, 0.25) is 0 Å². The molecule has 1 amide bonds. The van der Waals surface area contributed by atoms with E-state index in [-0.39, 0.29) is 12.0 Å². The molecule has 0 saturated carbocycles. The summed E-state index contributed by atoms with van der Waals surface area (Å²) in [5.74, 6) is 0.482. The smallest absolute Gasteiger partial charge is 0.227 e. The van der Waals surface area contributed by atoms with Crippen LogP contribution in [-0.2, 0) is 4.79 Å². The Labute approximate surface area is 84.8 Å². The zero-order valence-corrected chi connectivity index (χ0v) is 8.70. The largest absolute Gasteiger partial charge is 0.341 e. The lowest BCUT2D eigenvalue weighted by molar-refractivity contribution is -0.134. The quantitative estimate of drug-likeness (QED) is 0.598. The standard InChI is InChI=1S/C10H19N3O/c1-7-9(2-4-12-7)10(14)13-5-3-8(11)6-13/h7-9,12H,2-6,11H2,1H3/t7?,8-,9?/m0/s1. The minimum absolute atomic E-state index is 0.181. The molecule has 2 saturated heterocycles. The number of carbonyl (C=O) groups is 1. The molecule has 80 valence electrons. The van der Waals surface area contributed by atoms with Gasteiger partial charge in [-0.2, -0.15) is 0 Å². The fraction of sp³-hybridized carbons (Fsp3) is 0.900.